The molecular formula is C10H22O2Sr. The molecule has 0 aliphatic rings. The molecule has 0 saturated heterocycles. The Morgan fingerprint density at radius 2 is 1.00 bits per heavy atom. The number of hydrogen-bond donors (Lipinski definition) is 0. The van der Waals surface area contributed by atoms with E-state index in [1.165, 1.54) is 0 Å². The van der Waals surface area contributed by atoms with Crippen LogP contribution in [0, 0.1) is 0 Å². The third kappa shape index (κ3) is 31.8. The second kappa shape index (κ2) is 23.3. The van der Waals surface area contributed by atoms with E-state index in [1.54, 1.807) is 0 Å². The van der Waals surface area contributed by atoms with Crippen LogP contribution in [0.5, 0.6) is 0 Å². The molecule has 0 atom stereocenters. The van der Waals surface area contributed by atoms with Gasteiger partial charge in [-0.25, -0.2) is 0 Å². The third-order valence-electron chi connectivity index (χ3n) is 1.50. The zero-order valence-corrected chi connectivity index (χ0v) is 12.7. The van der Waals surface area contributed by atoms with E-state index in [9.17, 15) is 10.2 Å². The van der Waals surface area contributed by atoms with Gasteiger partial charge >= 0.3 is 45.5 Å². The van der Waals surface area contributed by atoms with E-state index in [1.807, 2.05) is 0 Å². The molecule has 0 aliphatic carbocycles. The van der Waals surface area contributed by atoms with Gasteiger partial charge in [-0.2, -0.15) is 0 Å². The van der Waals surface area contributed by atoms with Crippen LogP contribution in [0.2, 0.25) is 0 Å². The fourth-order valence-corrected chi connectivity index (χ4v) is 0.704. The van der Waals surface area contributed by atoms with Gasteiger partial charge in [0.25, 0.3) is 0 Å². The summed E-state index contributed by atoms with van der Waals surface area (Å²) in [4.78, 5) is 0. The molecule has 13 heavy (non-hydrogen) atoms. The van der Waals surface area contributed by atoms with Crippen LogP contribution >= 0.6 is 0 Å². The van der Waals surface area contributed by atoms with Crippen molar-refractivity contribution >= 4 is 45.5 Å². The molecule has 0 aliphatic heterocycles. The Balaban J connectivity index is -0.000000143. The summed E-state index contributed by atoms with van der Waals surface area (Å²) in [5, 5.41) is 19.4. The van der Waals surface area contributed by atoms with Crippen molar-refractivity contribution in [1.82, 2.24) is 0 Å². The molecule has 0 bridgehead atoms. The minimum Gasteiger partial charge on any atom is -0.854 e. The fraction of sp³-hybridized carbons (Fsp3) is 1.00. The molecule has 0 heterocycles. The number of hydrogen-bond acceptors (Lipinski definition) is 2. The standard InChI is InChI=1S/2C5H11O.Sr/c2*1-2-3-4-5-6;/h2*2-5H2,1H3;/q2*-1;+2. The van der Waals surface area contributed by atoms with Gasteiger partial charge in [-0.3, -0.25) is 0 Å². The number of rotatable bonds is 6. The quantitative estimate of drug-likeness (QED) is 0.522. The molecule has 0 aromatic rings. The van der Waals surface area contributed by atoms with Crippen LogP contribution < -0.4 is 10.2 Å². The maximum atomic E-state index is 9.69. The van der Waals surface area contributed by atoms with Gasteiger partial charge in [0.2, 0.25) is 0 Å². The fourth-order valence-electron chi connectivity index (χ4n) is 0.704. The molecule has 0 N–H and O–H groups in total. The molecule has 0 saturated carbocycles. The average Bonchev–Trinajstić information content (AvgIpc) is 2.12. The van der Waals surface area contributed by atoms with Gasteiger partial charge in [-0.05, 0) is 0 Å². The molecule has 0 amide bonds. The zero-order chi connectivity index (χ0) is 9.66. The number of unbranched alkanes of at least 4 members (excludes halogenated alkanes) is 4. The van der Waals surface area contributed by atoms with Crippen LogP contribution in [-0.4, -0.2) is 58.7 Å². The molecular weight excluding hydrogens is 240 g/mol. The third-order valence-corrected chi connectivity index (χ3v) is 1.50. The summed E-state index contributed by atoms with van der Waals surface area (Å²) >= 11 is 0. The molecule has 2 nitrogen and oxygen atoms in total. The molecule has 3 heteroatoms. The van der Waals surface area contributed by atoms with Crippen LogP contribution in [0.1, 0.15) is 52.4 Å². The van der Waals surface area contributed by atoms with Crippen molar-refractivity contribution in [3.8, 4) is 0 Å². The molecule has 0 unspecified atom stereocenters. The summed E-state index contributed by atoms with van der Waals surface area (Å²) in [6, 6.07) is 0. The SMILES string of the molecule is CCCCC[O-].CCCCC[O-].[Sr+2]. The summed E-state index contributed by atoms with van der Waals surface area (Å²) < 4.78 is 0. The monoisotopic (exact) mass is 262 g/mol. The average molecular weight is 262 g/mol. The Morgan fingerprint density at radius 3 is 1.08 bits per heavy atom. The van der Waals surface area contributed by atoms with E-state index >= 15 is 0 Å². The predicted octanol–water partition coefficient (Wildman–Crippen LogP) is 0.693. The Kier molecular flexibility index (Phi) is 35.7. The first-order valence-corrected chi connectivity index (χ1v) is 4.99. The second-order valence-corrected chi connectivity index (χ2v) is 2.82. The molecule has 0 aromatic carbocycles. The smallest absolute Gasteiger partial charge is 0.854 e. The van der Waals surface area contributed by atoms with E-state index in [2.05, 4.69) is 13.8 Å². The summed E-state index contributed by atoms with van der Waals surface area (Å²) in [7, 11) is 0. The van der Waals surface area contributed by atoms with Crippen LogP contribution in [0.3, 0.4) is 0 Å². The van der Waals surface area contributed by atoms with E-state index in [0.717, 1.165) is 38.5 Å². The molecule has 0 rings (SSSR count). The summed E-state index contributed by atoms with van der Waals surface area (Å²) in [6.45, 7) is 4.40. The van der Waals surface area contributed by atoms with Crippen molar-refractivity contribution in [1.29, 1.82) is 0 Å². The van der Waals surface area contributed by atoms with Gasteiger partial charge in [-0.15, -0.1) is 13.2 Å². The summed E-state index contributed by atoms with van der Waals surface area (Å²) in [5.74, 6) is 0. The molecule has 0 spiro atoms. The second-order valence-electron chi connectivity index (χ2n) is 2.82. The minimum absolute atomic E-state index is 0. The van der Waals surface area contributed by atoms with E-state index in [0.29, 0.717) is 0 Å². The Hall–Kier alpha value is 1.40. The topological polar surface area (TPSA) is 46.1 Å². The first-order valence-electron chi connectivity index (χ1n) is 4.99. The maximum absolute atomic E-state index is 9.69. The van der Waals surface area contributed by atoms with Gasteiger partial charge in [0.15, 0.2) is 0 Å². The Morgan fingerprint density at radius 1 is 0.692 bits per heavy atom. The van der Waals surface area contributed by atoms with E-state index in [-0.39, 0.29) is 58.7 Å². The van der Waals surface area contributed by atoms with Gasteiger partial charge in [0, 0.05) is 0 Å². The van der Waals surface area contributed by atoms with Gasteiger partial charge < -0.3 is 10.2 Å². The normalized spacial score (nSPS) is 8.31. The molecule has 0 radical (unpaired) electrons. The zero-order valence-electron chi connectivity index (χ0n) is 9.18. The van der Waals surface area contributed by atoms with E-state index in [4.69, 9.17) is 0 Å². The van der Waals surface area contributed by atoms with E-state index < -0.39 is 0 Å². The van der Waals surface area contributed by atoms with Gasteiger partial charge in [0.1, 0.15) is 0 Å². The van der Waals surface area contributed by atoms with Crippen molar-refractivity contribution in [2.75, 3.05) is 13.2 Å². The van der Waals surface area contributed by atoms with Crippen LogP contribution in [0.4, 0.5) is 0 Å². The first-order chi connectivity index (χ1) is 5.83. The maximum Gasteiger partial charge on any atom is 2.00 e. The van der Waals surface area contributed by atoms with Crippen molar-refractivity contribution in [2.24, 2.45) is 0 Å². The predicted molar refractivity (Wildman–Crippen MR) is 54.5 cm³/mol. The van der Waals surface area contributed by atoms with Crippen LogP contribution in [0.25, 0.3) is 0 Å². The van der Waals surface area contributed by atoms with Crippen molar-refractivity contribution in [3.63, 3.8) is 0 Å². The summed E-state index contributed by atoms with van der Waals surface area (Å²) in [5.41, 5.74) is 0. The van der Waals surface area contributed by atoms with Gasteiger partial charge in [-0.1, -0.05) is 52.4 Å². The summed E-state index contributed by atoms with van der Waals surface area (Å²) in [6.07, 6.45) is 6.23. The van der Waals surface area contributed by atoms with Crippen LogP contribution in [-0.2, 0) is 0 Å². The minimum atomic E-state index is 0. The molecule has 76 valence electrons. The van der Waals surface area contributed by atoms with Crippen molar-refractivity contribution < 1.29 is 10.2 Å². The first kappa shape index (κ1) is 19.9. The Labute approximate surface area is 120 Å². The molecule has 0 aromatic heterocycles. The van der Waals surface area contributed by atoms with Gasteiger partial charge in [0.05, 0.1) is 0 Å². The largest absolute Gasteiger partial charge is 2.00 e. The van der Waals surface area contributed by atoms with Crippen molar-refractivity contribution in [2.45, 2.75) is 52.4 Å². The molecule has 0 fully saturated rings. The van der Waals surface area contributed by atoms with Crippen LogP contribution in [0.15, 0.2) is 0 Å². The Bertz CT molecular complexity index is 44.9. The van der Waals surface area contributed by atoms with Crippen molar-refractivity contribution in [3.05, 3.63) is 0 Å².